The zero-order valence-corrected chi connectivity index (χ0v) is 58.9. The van der Waals surface area contributed by atoms with E-state index in [0.29, 0.717) is 68.5 Å². The van der Waals surface area contributed by atoms with Gasteiger partial charge in [-0.25, -0.2) is 0 Å². The Morgan fingerprint density at radius 2 is 0.871 bits per heavy atom. The molecule has 0 amide bonds. The highest BCUT2D eigenvalue weighted by Gasteiger charge is 2.24. The van der Waals surface area contributed by atoms with E-state index in [4.69, 9.17) is 28.7 Å². The van der Waals surface area contributed by atoms with Gasteiger partial charge >= 0.3 is 17.9 Å². The van der Waals surface area contributed by atoms with Crippen LogP contribution in [-0.2, 0) is 81.3 Å². The first-order valence-corrected chi connectivity index (χ1v) is 35.7. The van der Waals surface area contributed by atoms with Crippen LogP contribution in [0.3, 0.4) is 0 Å². The number of alkyl halides is 4. The summed E-state index contributed by atoms with van der Waals surface area (Å²) in [5, 5.41) is 18.1. The second-order valence-electron chi connectivity index (χ2n) is 22.0. The minimum Gasteiger partial charge on any atom is -0.481 e. The first kappa shape index (κ1) is 79.6. The van der Waals surface area contributed by atoms with Crippen molar-refractivity contribution in [2.75, 3.05) is 101 Å². The Balaban J connectivity index is 0.000000642. The van der Waals surface area contributed by atoms with Gasteiger partial charge < -0.3 is 55.1 Å². The number of carbonyl (C=O) groups is 5. The topological polar surface area (TPSA) is 271 Å². The molecule has 0 aliphatic rings. The molecule has 2 radical (unpaired) electrons. The van der Waals surface area contributed by atoms with E-state index < -0.39 is 43.4 Å². The maximum atomic E-state index is 12.3. The summed E-state index contributed by atoms with van der Waals surface area (Å²) in [7, 11) is -4.34. The van der Waals surface area contributed by atoms with Crippen LogP contribution >= 0.6 is 63.7 Å². The summed E-state index contributed by atoms with van der Waals surface area (Å²) in [4.78, 5) is 63.3. The Kier molecular flexibility index (Phi) is 38.4. The second-order valence-corrected chi connectivity index (χ2v) is 28.4. The van der Waals surface area contributed by atoms with Crippen LogP contribution in [-0.4, -0.2) is 183 Å². The summed E-state index contributed by atoms with van der Waals surface area (Å²) in [6.45, 7) is 21.1. The number of nitrogens with one attached hydrogen (secondary N) is 2. The fourth-order valence-corrected chi connectivity index (χ4v) is 10.8. The van der Waals surface area contributed by atoms with Gasteiger partial charge in [0.15, 0.2) is 0 Å². The van der Waals surface area contributed by atoms with Crippen molar-refractivity contribution in [1.29, 1.82) is 0 Å². The highest BCUT2D eigenvalue weighted by molar-refractivity contribution is 9.09. The number of carboxylic acid groups (broad SMARTS) is 1. The lowest BCUT2D eigenvalue weighted by atomic mass is 9.91. The van der Waals surface area contributed by atoms with Crippen LogP contribution in [0.15, 0.2) is 54.6 Å². The summed E-state index contributed by atoms with van der Waals surface area (Å²) in [5.41, 5.74) is 14.1. The van der Waals surface area contributed by atoms with E-state index in [1.54, 1.807) is 0 Å². The van der Waals surface area contributed by atoms with Crippen LogP contribution in [0.25, 0.3) is 0 Å². The molecule has 3 atom stereocenters. The number of hydrogen-bond acceptors (Lipinski definition) is 19. The summed E-state index contributed by atoms with van der Waals surface area (Å²) in [6.07, 6.45) is 5.20. The van der Waals surface area contributed by atoms with Crippen LogP contribution in [0.2, 0.25) is 0 Å². The molecule has 3 aromatic rings. The Morgan fingerprint density at radius 3 is 1.14 bits per heavy atom. The van der Waals surface area contributed by atoms with Gasteiger partial charge in [0, 0.05) is 95.8 Å². The smallest absolute Gasteiger partial charge is 0.307 e. The third kappa shape index (κ3) is 37.2. The lowest BCUT2D eigenvalue weighted by Gasteiger charge is -2.26. The summed E-state index contributed by atoms with van der Waals surface area (Å²) >= 11 is 13.9. The molecule has 3 aromatic carbocycles. The minimum atomic E-state index is -3.50. The maximum absolute atomic E-state index is 12.3. The van der Waals surface area contributed by atoms with Crippen molar-refractivity contribution in [1.82, 2.24) is 10.5 Å². The number of carbonyl (C=O) groups excluding carboxylic acids is 4. The first-order chi connectivity index (χ1) is 39.7. The summed E-state index contributed by atoms with van der Waals surface area (Å²) < 4.78 is 65.3. The molecule has 0 saturated carbocycles. The molecule has 0 fully saturated rings. The molecule has 20 nitrogen and oxygen atoms in total. The monoisotopic (exact) mass is 1480 g/mol. The predicted molar refractivity (Wildman–Crippen MR) is 358 cm³/mol. The number of benzene rings is 3. The van der Waals surface area contributed by atoms with E-state index in [-0.39, 0.29) is 56.5 Å². The quantitative estimate of drug-likeness (QED) is 0.0144. The maximum Gasteiger partial charge on any atom is 0.307 e. The molecule has 0 aromatic heterocycles. The van der Waals surface area contributed by atoms with E-state index in [2.05, 4.69) is 104 Å². The number of nitrogens with zero attached hydrogens (tertiary/aromatic N) is 3. The molecule has 5 N–H and O–H groups in total. The average molecular weight is 1490 g/mol. The number of hydrogen-bond donors (Lipinski definition) is 4. The molecule has 85 heavy (non-hydrogen) atoms. The molecule has 0 saturated heterocycles. The van der Waals surface area contributed by atoms with Gasteiger partial charge in [-0.05, 0) is 151 Å². The van der Waals surface area contributed by atoms with E-state index in [0.717, 1.165) is 86.7 Å². The van der Waals surface area contributed by atoms with Crippen molar-refractivity contribution in [3.8, 4) is 0 Å². The molecule has 0 aliphatic carbocycles. The lowest BCUT2D eigenvalue weighted by Crippen LogP contribution is -2.38. The van der Waals surface area contributed by atoms with Crippen LogP contribution in [0.1, 0.15) is 94.2 Å². The van der Waals surface area contributed by atoms with Crippen LogP contribution in [0.5, 0.6) is 0 Å². The minimum absolute atomic E-state index is 0.0478. The molecule has 0 aliphatic heterocycles. The van der Waals surface area contributed by atoms with Crippen LogP contribution < -0.4 is 30.9 Å². The normalized spacial score (nSPS) is 12.7. The number of nitrogens with two attached hydrogens (primary N) is 1. The van der Waals surface area contributed by atoms with Gasteiger partial charge in [-0.2, -0.15) is 16.8 Å². The standard InChI is InChI=1S/C21H33BBrN2O6S.C20H30BBr2N2O3.C16H25BrN2O5S/c1-16-6-7-19(25(9-8-23)10-11-30-32(5,28)29)13-17(16)12-18(24-22-15-26)14-20(27)31-21(2,3)4;1-15-5-6-18(25(9-7-22)10-8-23)12-16(15)11-17(24-21-14-26)13-19(27)28-20(2,3)4;1-12-3-4-15(10-13(12)9-14(18)11-16(20)21)19(6-5-17)7-8-24-25(2,22)23/h6-7,13,15,18,24H,8-12,14H2,1-5H3;5-6,12,14,17,24H,7-11,13H2,1-4H3;3-4,10,14H,5-9,11,18H2,1-2H3,(H,20,21)/t18-;17-;14-/m101/s1. The largest absolute Gasteiger partial charge is 0.481 e. The average Bonchev–Trinajstić information content (AvgIpc) is 3.60. The van der Waals surface area contributed by atoms with Crippen molar-refractivity contribution in [2.24, 2.45) is 5.73 Å². The fourth-order valence-electron chi connectivity index (χ4n) is 8.35. The Labute approximate surface area is 541 Å². The van der Waals surface area contributed by atoms with Crippen molar-refractivity contribution in [3.05, 3.63) is 88.0 Å². The second kappa shape index (κ2) is 41.0. The van der Waals surface area contributed by atoms with Gasteiger partial charge in [-0.15, -0.1) is 0 Å². The highest BCUT2D eigenvalue weighted by atomic mass is 79.9. The Bertz CT molecular complexity index is 2760. The number of aryl methyl sites for hydroxylation is 3. The SMILES string of the molecule is Cc1ccc(N(CCBr)CCBr)cc1C[C@@H](CC(=O)OC(C)(C)C)N[B]C=O.Cc1ccc(N(CCBr)CCOS(C)(=O)=O)cc1C[C@@H](N)CC(=O)O.Cc1ccc(N(CCBr)CCOS(C)(=O)=O)cc1C[C@H](CC(=O)OC(C)(C)C)N[B]C=O. The number of ether oxygens (including phenoxy) is 2. The summed E-state index contributed by atoms with van der Waals surface area (Å²) in [6, 6.07) is 17.3. The van der Waals surface area contributed by atoms with Crippen molar-refractivity contribution >= 4 is 146 Å². The number of esters is 2. The zero-order valence-electron chi connectivity index (χ0n) is 51.0. The number of anilines is 3. The van der Waals surface area contributed by atoms with Gasteiger partial charge in [0.25, 0.3) is 35.1 Å². The molecular formula is C57H88B2Br4N6O14S2. The van der Waals surface area contributed by atoms with Crippen molar-refractivity contribution < 1.29 is 63.8 Å². The number of carboxylic acids is 1. The predicted octanol–water partition coefficient (Wildman–Crippen LogP) is 7.36. The van der Waals surface area contributed by atoms with Crippen molar-refractivity contribution in [3.63, 3.8) is 0 Å². The molecule has 3 rings (SSSR count). The molecular weight excluding hydrogens is 1400 g/mol. The van der Waals surface area contributed by atoms with Gasteiger partial charge in [-0.3, -0.25) is 22.7 Å². The van der Waals surface area contributed by atoms with Gasteiger partial charge in [0.1, 0.15) is 11.2 Å². The van der Waals surface area contributed by atoms with Gasteiger partial charge in [-0.1, -0.05) is 81.9 Å². The molecule has 0 spiro atoms. The van der Waals surface area contributed by atoms with Gasteiger partial charge in [0.05, 0.1) is 57.4 Å². The Hall–Kier alpha value is -3.44. The van der Waals surface area contributed by atoms with E-state index in [1.807, 2.05) is 102 Å². The third-order valence-electron chi connectivity index (χ3n) is 12.1. The lowest BCUT2D eigenvalue weighted by molar-refractivity contribution is -0.156. The zero-order chi connectivity index (χ0) is 64.6. The van der Waals surface area contributed by atoms with Crippen molar-refractivity contribution in [2.45, 2.75) is 130 Å². The molecule has 28 heteroatoms. The molecule has 476 valence electrons. The van der Waals surface area contributed by atoms with E-state index in [9.17, 15) is 40.8 Å². The van der Waals surface area contributed by atoms with E-state index >= 15 is 0 Å². The van der Waals surface area contributed by atoms with E-state index in [1.165, 1.54) is 14.8 Å². The number of halogens is 4. The Morgan fingerprint density at radius 1 is 0.565 bits per heavy atom. The molecule has 0 unspecified atom stereocenters. The first-order valence-electron chi connectivity index (χ1n) is 27.6. The van der Waals surface area contributed by atoms with Crippen LogP contribution in [0, 0.1) is 20.8 Å². The van der Waals surface area contributed by atoms with Gasteiger partial charge in [0.2, 0.25) is 0 Å². The molecule has 0 bridgehead atoms. The third-order valence-corrected chi connectivity index (χ3v) is 14.8. The molecule has 0 heterocycles. The fraction of sp³-hybridized carbons (Fsp3) is 0.596. The van der Waals surface area contributed by atoms with Crippen LogP contribution in [0.4, 0.5) is 17.1 Å². The summed E-state index contributed by atoms with van der Waals surface area (Å²) in [5.74, 6) is -1.54. The number of rotatable bonds is 37. The highest BCUT2D eigenvalue weighted by Crippen LogP contribution is 2.25. The number of aliphatic carboxylic acids is 1.